The van der Waals surface area contributed by atoms with Crippen molar-refractivity contribution in [1.82, 2.24) is 0 Å². The Kier molecular flexibility index (Phi) is 12.6. The third-order valence-corrected chi connectivity index (χ3v) is 8.51. The Bertz CT molecular complexity index is 1820. The first kappa shape index (κ1) is 41.5. The molecule has 0 bridgehead atoms. The van der Waals surface area contributed by atoms with Gasteiger partial charge < -0.3 is 94.4 Å². The number of carbonyl (C=O) groups is 4. The zero-order valence-corrected chi connectivity index (χ0v) is 28.4. The molecule has 0 spiro atoms. The number of carboxylic acid groups (broad SMARTS) is 2. The molecule has 11 unspecified atom stereocenters. The van der Waals surface area contributed by atoms with Crippen molar-refractivity contribution in [3.63, 3.8) is 0 Å². The summed E-state index contributed by atoms with van der Waals surface area (Å²) in [6, 6.07) is 3.90. The molecule has 0 aliphatic carbocycles. The van der Waals surface area contributed by atoms with Gasteiger partial charge in [0.2, 0.25) is 12.6 Å². The van der Waals surface area contributed by atoms with Crippen molar-refractivity contribution in [1.29, 1.82) is 0 Å². The molecule has 56 heavy (non-hydrogen) atoms. The number of aliphatic carboxylic acids is 2. The van der Waals surface area contributed by atoms with Crippen LogP contribution >= 0.6 is 0 Å². The van der Waals surface area contributed by atoms with Crippen LogP contribution in [0.3, 0.4) is 0 Å². The summed E-state index contributed by atoms with van der Waals surface area (Å²) in [5, 5.41) is 122. The van der Waals surface area contributed by atoms with Crippen LogP contribution in [0, 0.1) is 0 Å². The number of aliphatic hydroxyl groups excluding tert-OH is 6. The molecule has 3 aliphatic rings. The Hall–Kier alpha value is -5.66. The largest absolute Gasteiger partial charge is 0.508 e. The molecule has 0 radical (unpaired) electrons. The van der Waals surface area contributed by atoms with Crippen molar-refractivity contribution < 1.29 is 114 Å². The van der Waals surface area contributed by atoms with Crippen LogP contribution in [0.1, 0.15) is 30.1 Å². The van der Waals surface area contributed by atoms with Gasteiger partial charge in [0.25, 0.3) is 0 Å². The molecular weight excluding hydrogens is 764 g/mol. The minimum absolute atomic E-state index is 0.144. The predicted octanol–water partition coefficient (Wildman–Crippen LogP) is -2.97. The number of hydrogen-bond donors (Lipinski definition) is 12. The van der Waals surface area contributed by atoms with Gasteiger partial charge in [-0.15, -0.1) is 0 Å². The van der Waals surface area contributed by atoms with Crippen LogP contribution in [-0.4, -0.2) is 160 Å². The summed E-state index contributed by atoms with van der Waals surface area (Å²) in [5.41, 5.74) is -0.291. The minimum atomic E-state index is -2.05. The average Bonchev–Trinajstić information content (AvgIpc) is 3.12. The van der Waals surface area contributed by atoms with Crippen molar-refractivity contribution in [3.05, 3.63) is 41.2 Å². The van der Waals surface area contributed by atoms with Crippen LogP contribution < -0.4 is 9.47 Å². The third kappa shape index (κ3) is 9.23. The lowest BCUT2D eigenvalue weighted by molar-refractivity contribution is -0.294. The monoisotopic (exact) mass is 800 g/mol. The van der Waals surface area contributed by atoms with E-state index in [-0.39, 0.29) is 16.9 Å². The molecule has 2 fully saturated rings. The quantitative estimate of drug-likeness (QED) is 0.0546. The molecule has 2 aromatic rings. The smallest absolute Gasteiger partial charge is 0.317 e. The zero-order valence-electron chi connectivity index (χ0n) is 28.4. The van der Waals surface area contributed by atoms with Crippen LogP contribution in [0.15, 0.2) is 30.0 Å². The van der Waals surface area contributed by atoms with E-state index >= 15 is 0 Å². The second-order valence-electron chi connectivity index (χ2n) is 12.6. The van der Waals surface area contributed by atoms with Gasteiger partial charge in [-0.2, -0.15) is 0 Å². The van der Waals surface area contributed by atoms with Crippen molar-refractivity contribution >= 4 is 30.0 Å². The van der Waals surface area contributed by atoms with Gasteiger partial charge in [-0.25, -0.2) is 0 Å². The third-order valence-electron chi connectivity index (χ3n) is 8.51. The minimum Gasteiger partial charge on any atom is -0.508 e. The highest BCUT2D eigenvalue weighted by atomic mass is 16.7. The summed E-state index contributed by atoms with van der Waals surface area (Å²) >= 11 is 0. The molecule has 2 saturated heterocycles. The van der Waals surface area contributed by atoms with Gasteiger partial charge in [-0.1, -0.05) is 0 Å². The number of benzene rings is 2. The highest BCUT2D eigenvalue weighted by Crippen LogP contribution is 2.47. The van der Waals surface area contributed by atoms with Crippen LogP contribution in [0.4, 0.5) is 0 Å². The molecule has 0 saturated carbocycles. The summed E-state index contributed by atoms with van der Waals surface area (Å²) < 4.78 is 38.4. The molecule has 3 aliphatic heterocycles. The maximum absolute atomic E-state index is 11.8. The zero-order chi connectivity index (χ0) is 41.2. The van der Waals surface area contributed by atoms with Crippen molar-refractivity contribution in [2.24, 2.45) is 0 Å². The summed E-state index contributed by atoms with van der Waals surface area (Å²) in [7, 11) is 0. The first-order chi connectivity index (χ1) is 26.3. The fourth-order valence-corrected chi connectivity index (χ4v) is 5.69. The maximum atomic E-state index is 11.8. The van der Waals surface area contributed by atoms with E-state index < -0.39 is 152 Å². The number of carbonyl (C=O) groups excluding carboxylic acids is 2. The second kappa shape index (κ2) is 17.0. The number of phenolic OH excluding ortho intramolecular Hbond substituents is 4. The Labute approximate surface area is 312 Å². The molecule has 23 nitrogen and oxygen atoms in total. The SMILES string of the molecule is O=C(O)CC(=O)OCC1OC(OC2=Cc3c(cc(O)cc3OC3OC(COC(=O)CC(=O)O)C(O)C(O)C3O)OC2c2cc(O)c(O)c(O)c2)C(O)C(O)C1O. The number of esters is 2. The number of aromatic hydroxyl groups is 4. The normalized spacial score (nSPS) is 29.8. The number of carboxylic acids is 2. The van der Waals surface area contributed by atoms with Crippen LogP contribution in [0.5, 0.6) is 34.5 Å². The van der Waals surface area contributed by atoms with E-state index in [2.05, 4.69) is 0 Å². The standard InChI is InChI=1S/C33H36O23/c34-11-3-15-12(16(4-11)53-32-29(48)27(46)25(44)18(55-32)8-50-22(41)6-20(37)38)5-17(31(52-15)10-1-13(35)24(43)14(36)2-10)54-33-30(49)28(47)26(45)19(56-33)9-51-23(42)7-21(39)40/h1-5,18-19,25-36,43-49H,6-9H2,(H,37,38)(H,39,40). The number of hydrogen-bond acceptors (Lipinski definition) is 21. The Morgan fingerprint density at radius 2 is 1.11 bits per heavy atom. The Balaban J connectivity index is 1.48. The molecule has 3 heterocycles. The van der Waals surface area contributed by atoms with E-state index in [1.807, 2.05) is 0 Å². The summed E-state index contributed by atoms with van der Waals surface area (Å²) in [5.74, 6) is -9.65. The molecule has 0 amide bonds. The molecule has 306 valence electrons. The number of ether oxygens (including phenoxy) is 7. The van der Waals surface area contributed by atoms with Crippen LogP contribution in [0.2, 0.25) is 0 Å². The van der Waals surface area contributed by atoms with E-state index in [0.717, 1.165) is 30.3 Å². The number of fused-ring (bicyclic) bond motifs is 1. The summed E-state index contributed by atoms with van der Waals surface area (Å²) in [6.07, 6.45) is -21.4. The highest BCUT2D eigenvalue weighted by molar-refractivity contribution is 5.90. The van der Waals surface area contributed by atoms with E-state index in [4.69, 9.17) is 43.4 Å². The van der Waals surface area contributed by atoms with Gasteiger partial charge in [0, 0.05) is 17.7 Å². The fraction of sp³-hybridized carbons (Fsp3) is 0.455. The van der Waals surface area contributed by atoms with Gasteiger partial charge in [-0.05, 0) is 18.2 Å². The molecule has 12 N–H and O–H groups in total. The Morgan fingerprint density at radius 3 is 1.59 bits per heavy atom. The van der Waals surface area contributed by atoms with Gasteiger partial charge in [0.05, 0.1) is 5.56 Å². The number of aliphatic hydroxyl groups is 6. The van der Waals surface area contributed by atoms with Gasteiger partial charge >= 0.3 is 23.9 Å². The predicted molar refractivity (Wildman–Crippen MR) is 172 cm³/mol. The first-order valence-electron chi connectivity index (χ1n) is 16.3. The summed E-state index contributed by atoms with van der Waals surface area (Å²) in [4.78, 5) is 45.2. The van der Waals surface area contributed by atoms with Crippen LogP contribution in [-0.2, 0) is 42.9 Å². The molecule has 23 heteroatoms. The maximum Gasteiger partial charge on any atom is 0.317 e. The van der Waals surface area contributed by atoms with Gasteiger partial charge in [0.1, 0.15) is 97.9 Å². The van der Waals surface area contributed by atoms with E-state index in [0.29, 0.717) is 0 Å². The van der Waals surface area contributed by atoms with Crippen molar-refractivity contribution in [2.75, 3.05) is 13.2 Å². The van der Waals surface area contributed by atoms with Gasteiger partial charge in [0.15, 0.2) is 23.4 Å². The van der Waals surface area contributed by atoms with Crippen molar-refractivity contribution in [2.45, 2.75) is 80.4 Å². The second-order valence-corrected chi connectivity index (χ2v) is 12.6. The Morgan fingerprint density at radius 1 is 0.625 bits per heavy atom. The average molecular weight is 801 g/mol. The molecule has 0 aromatic heterocycles. The van der Waals surface area contributed by atoms with E-state index in [9.17, 15) is 70.2 Å². The van der Waals surface area contributed by atoms with Gasteiger partial charge in [-0.3, -0.25) is 19.2 Å². The van der Waals surface area contributed by atoms with Crippen molar-refractivity contribution in [3.8, 4) is 34.5 Å². The molecule has 11 atom stereocenters. The molecule has 5 rings (SSSR count). The number of rotatable bonds is 13. The van der Waals surface area contributed by atoms with E-state index in [1.54, 1.807) is 0 Å². The first-order valence-corrected chi connectivity index (χ1v) is 16.3. The lowest BCUT2D eigenvalue weighted by Gasteiger charge is -2.41. The van der Waals surface area contributed by atoms with E-state index in [1.165, 1.54) is 0 Å². The lowest BCUT2D eigenvalue weighted by atomic mass is 9.98. The topological polar surface area (TPSA) is 376 Å². The highest BCUT2D eigenvalue weighted by Gasteiger charge is 2.48. The molecule has 2 aromatic carbocycles. The summed E-state index contributed by atoms with van der Waals surface area (Å²) in [6.45, 7) is -1.62. The molecular formula is C33H36O23. The number of phenols is 4. The van der Waals surface area contributed by atoms with Crippen LogP contribution in [0.25, 0.3) is 6.08 Å². The fourth-order valence-electron chi connectivity index (χ4n) is 5.69. The lowest BCUT2D eigenvalue weighted by Crippen LogP contribution is -2.60.